The Morgan fingerprint density at radius 1 is 1.50 bits per heavy atom. The SMILES string of the molecule is Cc1cc2c(=O)[nH]sc2cc1F. The lowest BCUT2D eigenvalue weighted by Crippen LogP contribution is -1.96. The molecule has 0 saturated heterocycles. The van der Waals surface area contributed by atoms with Crippen molar-refractivity contribution in [3.63, 3.8) is 0 Å². The maximum atomic E-state index is 12.9. The van der Waals surface area contributed by atoms with Crippen molar-refractivity contribution in [2.24, 2.45) is 0 Å². The lowest BCUT2D eigenvalue weighted by Gasteiger charge is -1.93. The van der Waals surface area contributed by atoms with E-state index < -0.39 is 0 Å². The maximum Gasteiger partial charge on any atom is 0.265 e. The third kappa shape index (κ3) is 0.956. The normalized spacial score (nSPS) is 10.8. The van der Waals surface area contributed by atoms with Gasteiger partial charge in [-0.1, -0.05) is 11.5 Å². The third-order valence-corrected chi connectivity index (χ3v) is 2.60. The Bertz CT molecular complexity index is 485. The molecule has 2 rings (SSSR count). The maximum absolute atomic E-state index is 12.9. The van der Waals surface area contributed by atoms with E-state index in [1.165, 1.54) is 6.07 Å². The van der Waals surface area contributed by atoms with Crippen molar-refractivity contribution in [3.05, 3.63) is 33.9 Å². The second kappa shape index (κ2) is 2.42. The average Bonchev–Trinajstić information content (AvgIpc) is 2.35. The molecule has 0 aliphatic carbocycles. The molecule has 1 aromatic heterocycles. The van der Waals surface area contributed by atoms with E-state index in [2.05, 4.69) is 4.37 Å². The summed E-state index contributed by atoms with van der Waals surface area (Å²) in [5.41, 5.74) is 0.365. The summed E-state index contributed by atoms with van der Waals surface area (Å²) in [6.45, 7) is 1.64. The minimum Gasteiger partial charge on any atom is -0.277 e. The van der Waals surface area contributed by atoms with Crippen LogP contribution in [-0.2, 0) is 0 Å². The molecule has 0 unspecified atom stereocenters. The Hall–Kier alpha value is -1.16. The summed E-state index contributed by atoms with van der Waals surface area (Å²) < 4.78 is 16.2. The highest BCUT2D eigenvalue weighted by atomic mass is 32.1. The second-order valence-electron chi connectivity index (χ2n) is 2.63. The van der Waals surface area contributed by atoms with E-state index in [-0.39, 0.29) is 11.4 Å². The van der Waals surface area contributed by atoms with Crippen LogP contribution in [0.15, 0.2) is 16.9 Å². The van der Waals surface area contributed by atoms with Crippen LogP contribution in [-0.4, -0.2) is 4.37 Å². The highest BCUT2D eigenvalue weighted by Crippen LogP contribution is 2.18. The number of fused-ring (bicyclic) bond motifs is 1. The molecule has 1 N–H and O–H groups in total. The molecule has 0 fully saturated rings. The zero-order valence-electron chi connectivity index (χ0n) is 6.35. The van der Waals surface area contributed by atoms with Crippen molar-refractivity contribution in [2.75, 3.05) is 0 Å². The number of aromatic amines is 1. The summed E-state index contributed by atoms with van der Waals surface area (Å²) in [6, 6.07) is 2.95. The fourth-order valence-corrected chi connectivity index (χ4v) is 1.82. The molecule has 1 heterocycles. The average molecular weight is 183 g/mol. The molecular formula is C8H6FNOS. The summed E-state index contributed by atoms with van der Waals surface area (Å²) in [5.74, 6) is -0.266. The van der Waals surface area contributed by atoms with Crippen molar-refractivity contribution in [1.29, 1.82) is 0 Å². The molecule has 12 heavy (non-hydrogen) atoms. The van der Waals surface area contributed by atoms with Crippen molar-refractivity contribution < 1.29 is 4.39 Å². The van der Waals surface area contributed by atoms with Crippen molar-refractivity contribution in [2.45, 2.75) is 6.92 Å². The first-order valence-electron chi connectivity index (χ1n) is 3.46. The first-order valence-corrected chi connectivity index (χ1v) is 4.27. The number of H-pyrrole nitrogens is 1. The lowest BCUT2D eigenvalue weighted by atomic mass is 10.2. The Morgan fingerprint density at radius 3 is 3.00 bits per heavy atom. The molecule has 0 atom stereocenters. The van der Waals surface area contributed by atoms with E-state index >= 15 is 0 Å². The van der Waals surface area contributed by atoms with Gasteiger partial charge in [0.15, 0.2) is 0 Å². The second-order valence-corrected chi connectivity index (χ2v) is 3.48. The number of hydrogen-bond acceptors (Lipinski definition) is 2. The summed E-state index contributed by atoms with van der Waals surface area (Å²) in [5, 5.41) is 0.568. The predicted octanol–water partition coefficient (Wildman–Crippen LogP) is 2.04. The van der Waals surface area contributed by atoms with Gasteiger partial charge in [0.05, 0.1) is 10.1 Å². The summed E-state index contributed by atoms with van der Waals surface area (Å²) in [7, 11) is 0. The van der Waals surface area contributed by atoms with Gasteiger partial charge in [0.2, 0.25) is 0 Å². The van der Waals surface area contributed by atoms with Gasteiger partial charge in [-0.15, -0.1) is 0 Å². The molecular weight excluding hydrogens is 177 g/mol. The number of rotatable bonds is 0. The fourth-order valence-electron chi connectivity index (χ4n) is 1.08. The predicted molar refractivity (Wildman–Crippen MR) is 47.1 cm³/mol. The molecule has 2 aromatic rings. The number of nitrogens with one attached hydrogen (secondary N) is 1. The standard InChI is InChI=1S/C8H6FNOS/c1-4-2-5-7(3-6(4)9)12-10-8(5)11/h2-3H,1H3,(H,10,11). The van der Waals surface area contributed by atoms with E-state index in [0.717, 1.165) is 11.5 Å². The number of aryl methyl sites for hydroxylation is 1. The van der Waals surface area contributed by atoms with E-state index in [0.29, 0.717) is 15.6 Å². The van der Waals surface area contributed by atoms with E-state index in [1.54, 1.807) is 13.0 Å². The monoisotopic (exact) mass is 183 g/mol. The van der Waals surface area contributed by atoms with Crippen LogP contribution in [0.2, 0.25) is 0 Å². The van der Waals surface area contributed by atoms with Gasteiger partial charge in [0.1, 0.15) is 5.82 Å². The van der Waals surface area contributed by atoms with E-state index in [1.807, 2.05) is 0 Å². The zero-order chi connectivity index (χ0) is 8.72. The molecule has 0 radical (unpaired) electrons. The molecule has 2 nitrogen and oxygen atoms in total. The van der Waals surface area contributed by atoms with Gasteiger partial charge in [-0.3, -0.25) is 9.17 Å². The Balaban J connectivity index is 2.97. The molecule has 0 aliphatic rings. The fraction of sp³-hybridized carbons (Fsp3) is 0.125. The van der Waals surface area contributed by atoms with E-state index in [9.17, 15) is 9.18 Å². The number of hydrogen-bond donors (Lipinski definition) is 1. The summed E-state index contributed by atoms with van der Waals surface area (Å²) in [6.07, 6.45) is 0. The molecule has 0 aliphatic heterocycles. The van der Waals surface area contributed by atoms with Gasteiger partial charge in [-0.2, -0.15) is 0 Å². The Kier molecular flexibility index (Phi) is 1.51. The number of benzene rings is 1. The van der Waals surface area contributed by atoms with Crippen LogP contribution in [0.25, 0.3) is 10.1 Å². The third-order valence-electron chi connectivity index (χ3n) is 1.76. The van der Waals surface area contributed by atoms with Crippen LogP contribution in [0.1, 0.15) is 5.56 Å². The smallest absolute Gasteiger partial charge is 0.265 e. The minimum atomic E-state index is -0.266. The first kappa shape index (κ1) is 7.49. The van der Waals surface area contributed by atoms with Crippen molar-refractivity contribution in [1.82, 2.24) is 4.37 Å². The number of halogens is 1. The zero-order valence-corrected chi connectivity index (χ0v) is 7.17. The van der Waals surface area contributed by atoms with Crippen LogP contribution in [0, 0.1) is 12.7 Å². The van der Waals surface area contributed by atoms with Gasteiger partial charge in [-0.05, 0) is 24.6 Å². The Morgan fingerprint density at radius 2 is 2.25 bits per heavy atom. The van der Waals surface area contributed by atoms with Crippen molar-refractivity contribution >= 4 is 21.6 Å². The highest BCUT2D eigenvalue weighted by Gasteiger charge is 2.04. The Labute approximate surface area is 71.8 Å². The van der Waals surface area contributed by atoms with Crippen molar-refractivity contribution in [3.8, 4) is 0 Å². The van der Waals surface area contributed by atoms with Crippen LogP contribution < -0.4 is 5.56 Å². The van der Waals surface area contributed by atoms with Gasteiger partial charge in [0.25, 0.3) is 5.56 Å². The van der Waals surface area contributed by atoms with Crippen LogP contribution in [0.3, 0.4) is 0 Å². The molecule has 0 spiro atoms. The molecule has 62 valence electrons. The van der Waals surface area contributed by atoms with E-state index in [4.69, 9.17) is 0 Å². The molecule has 0 saturated carbocycles. The number of aromatic nitrogens is 1. The van der Waals surface area contributed by atoms with Gasteiger partial charge < -0.3 is 0 Å². The lowest BCUT2D eigenvalue weighted by molar-refractivity contribution is 0.621. The molecule has 0 amide bonds. The molecule has 4 heteroatoms. The van der Waals surface area contributed by atoms with Crippen LogP contribution >= 0.6 is 11.5 Å². The van der Waals surface area contributed by atoms with Gasteiger partial charge >= 0.3 is 0 Å². The summed E-state index contributed by atoms with van der Waals surface area (Å²) >= 11 is 1.16. The largest absolute Gasteiger partial charge is 0.277 e. The molecule has 0 bridgehead atoms. The summed E-state index contributed by atoms with van der Waals surface area (Å²) in [4.78, 5) is 11.1. The highest BCUT2D eigenvalue weighted by molar-refractivity contribution is 7.13. The minimum absolute atomic E-state index is 0.141. The first-order chi connectivity index (χ1) is 5.68. The van der Waals surface area contributed by atoms with Gasteiger partial charge in [0, 0.05) is 0 Å². The molecule has 1 aromatic carbocycles. The quantitative estimate of drug-likeness (QED) is 0.666. The topological polar surface area (TPSA) is 32.9 Å². The van der Waals surface area contributed by atoms with Crippen LogP contribution in [0.5, 0.6) is 0 Å². The van der Waals surface area contributed by atoms with Crippen LogP contribution in [0.4, 0.5) is 4.39 Å². The van der Waals surface area contributed by atoms with Gasteiger partial charge in [-0.25, -0.2) is 4.39 Å².